The molecule has 1 aromatic carbocycles. The Morgan fingerprint density at radius 1 is 1.34 bits per heavy atom. The number of carbonyl (C=O) groups is 1. The minimum atomic E-state index is -0.206. The van der Waals surface area contributed by atoms with Crippen LogP contribution in [-0.4, -0.2) is 33.7 Å². The molecule has 29 heavy (non-hydrogen) atoms. The van der Waals surface area contributed by atoms with E-state index in [0.717, 1.165) is 42.9 Å². The summed E-state index contributed by atoms with van der Waals surface area (Å²) >= 11 is 0. The lowest BCUT2D eigenvalue weighted by Crippen LogP contribution is -2.23. The molecular weight excluding hydrogens is 366 g/mol. The van der Waals surface area contributed by atoms with Crippen molar-refractivity contribution in [3.8, 4) is 0 Å². The smallest absolute Gasteiger partial charge is 0.325 e. The zero-order chi connectivity index (χ0) is 20.4. The first-order chi connectivity index (χ1) is 14.1. The topological polar surface area (TPSA) is 60.5 Å². The number of carbonyl (C=O) groups excluding carboxylic acids is 1. The highest BCUT2D eigenvalue weighted by atomic mass is 16.5. The van der Waals surface area contributed by atoms with Crippen LogP contribution in [0.5, 0.6) is 0 Å². The van der Waals surface area contributed by atoms with Gasteiger partial charge in [0.15, 0.2) is 0 Å². The Labute approximate surface area is 171 Å². The summed E-state index contributed by atoms with van der Waals surface area (Å²) in [5, 5.41) is 5.54. The van der Waals surface area contributed by atoms with Gasteiger partial charge in [-0.2, -0.15) is 0 Å². The second-order valence-corrected chi connectivity index (χ2v) is 8.04. The molecular formula is C23H29N3O3. The van der Waals surface area contributed by atoms with Crippen LogP contribution in [0.4, 0.5) is 0 Å². The second kappa shape index (κ2) is 8.41. The number of para-hydroxylation sites is 1. The van der Waals surface area contributed by atoms with E-state index in [4.69, 9.17) is 9.26 Å². The number of ether oxygens (including phenoxy) is 1. The zero-order valence-electron chi connectivity index (χ0n) is 17.4. The van der Waals surface area contributed by atoms with Crippen LogP contribution in [0.25, 0.3) is 10.9 Å². The van der Waals surface area contributed by atoms with Crippen molar-refractivity contribution in [3.05, 3.63) is 53.5 Å². The molecule has 0 aliphatic carbocycles. The predicted octanol–water partition coefficient (Wildman–Crippen LogP) is 4.65. The maximum atomic E-state index is 12.0. The minimum absolute atomic E-state index is 0.206. The summed E-state index contributed by atoms with van der Waals surface area (Å²) in [5.41, 5.74) is 3.32. The SMILES string of the molecule is CCOC(=O)Cn1cc(CN2CCC[C@H]2c2cc(C(C)C)on2)c2ccccc21. The number of hydrogen-bond donors (Lipinski definition) is 0. The molecule has 1 saturated heterocycles. The molecule has 1 aliphatic heterocycles. The molecule has 6 heteroatoms. The zero-order valence-corrected chi connectivity index (χ0v) is 17.4. The molecule has 1 atom stereocenters. The summed E-state index contributed by atoms with van der Waals surface area (Å²) in [6, 6.07) is 10.6. The minimum Gasteiger partial charge on any atom is -0.465 e. The van der Waals surface area contributed by atoms with Crippen LogP contribution in [0, 0.1) is 0 Å². The summed E-state index contributed by atoms with van der Waals surface area (Å²) in [4.78, 5) is 14.5. The molecule has 3 aromatic rings. The van der Waals surface area contributed by atoms with Gasteiger partial charge in [-0.1, -0.05) is 37.2 Å². The molecule has 0 unspecified atom stereocenters. The second-order valence-electron chi connectivity index (χ2n) is 8.04. The lowest BCUT2D eigenvalue weighted by Gasteiger charge is -2.22. The average Bonchev–Trinajstić information content (AvgIpc) is 3.42. The highest BCUT2D eigenvalue weighted by Gasteiger charge is 2.29. The van der Waals surface area contributed by atoms with Gasteiger partial charge in [-0.15, -0.1) is 0 Å². The van der Waals surface area contributed by atoms with E-state index in [1.54, 1.807) is 0 Å². The Hall–Kier alpha value is -2.60. The van der Waals surface area contributed by atoms with E-state index in [1.165, 1.54) is 10.9 Å². The van der Waals surface area contributed by atoms with Crippen molar-refractivity contribution in [3.63, 3.8) is 0 Å². The molecule has 2 aromatic heterocycles. The Kier molecular flexibility index (Phi) is 5.72. The summed E-state index contributed by atoms with van der Waals surface area (Å²) in [6.45, 7) is 8.56. The Balaban J connectivity index is 1.58. The largest absolute Gasteiger partial charge is 0.465 e. The first kappa shape index (κ1) is 19.7. The van der Waals surface area contributed by atoms with E-state index in [0.29, 0.717) is 12.5 Å². The third-order valence-electron chi connectivity index (χ3n) is 5.67. The lowest BCUT2D eigenvalue weighted by atomic mass is 10.1. The number of rotatable bonds is 7. The summed E-state index contributed by atoms with van der Waals surface area (Å²) in [6.07, 6.45) is 4.33. The van der Waals surface area contributed by atoms with Crippen molar-refractivity contribution >= 4 is 16.9 Å². The molecule has 154 valence electrons. The predicted molar refractivity (Wildman–Crippen MR) is 112 cm³/mol. The number of benzene rings is 1. The van der Waals surface area contributed by atoms with Crippen LogP contribution in [0.3, 0.4) is 0 Å². The number of nitrogens with zero attached hydrogens (tertiary/aromatic N) is 3. The van der Waals surface area contributed by atoms with Crippen molar-refractivity contribution in [1.29, 1.82) is 0 Å². The molecule has 4 rings (SSSR count). The van der Waals surface area contributed by atoms with Crippen LogP contribution >= 0.6 is 0 Å². The van der Waals surface area contributed by atoms with E-state index in [2.05, 4.69) is 54.4 Å². The number of likely N-dealkylation sites (tertiary alicyclic amines) is 1. The van der Waals surface area contributed by atoms with Gasteiger partial charge in [-0.05, 0) is 37.9 Å². The van der Waals surface area contributed by atoms with Gasteiger partial charge in [0.25, 0.3) is 0 Å². The number of hydrogen-bond acceptors (Lipinski definition) is 5. The molecule has 3 heterocycles. The fraction of sp³-hybridized carbons (Fsp3) is 0.478. The third-order valence-corrected chi connectivity index (χ3v) is 5.67. The summed E-state index contributed by atoms with van der Waals surface area (Å²) in [5.74, 6) is 1.08. The van der Waals surface area contributed by atoms with Crippen molar-refractivity contribution in [1.82, 2.24) is 14.6 Å². The molecule has 0 saturated carbocycles. The number of fused-ring (bicyclic) bond motifs is 1. The highest BCUT2D eigenvalue weighted by molar-refractivity contribution is 5.85. The van der Waals surface area contributed by atoms with Crippen LogP contribution in [-0.2, 0) is 22.6 Å². The first-order valence-electron chi connectivity index (χ1n) is 10.5. The van der Waals surface area contributed by atoms with Gasteiger partial charge in [0.2, 0.25) is 0 Å². The summed E-state index contributed by atoms with van der Waals surface area (Å²) in [7, 11) is 0. The van der Waals surface area contributed by atoms with E-state index in [1.807, 2.05) is 17.6 Å². The molecule has 1 fully saturated rings. The maximum Gasteiger partial charge on any atom is 0.325 e. The molecule has 0 N–H and O–H groups in total. The highest BCUT2D eigenvalue weighted by Crippen LogP contribution is 2.35. The fourth-order valence-electron chi connectivity index (χ4n) is 4.23. The molecule has 0 radical (unpaired) electrons. The summed E-state index contributed by atoms with van der Waals surface area (Å²) < 4.78 is 12.7. The number of aromatic nitrogens is 2. The van der Waals surface area contributed by atoms with E-state index >= 15 is 0 Å². The molecule has 0 amide bonds. The van der Waals surface area contributed by atoms with Crippen LogP contribution in [0.2, 0.25) is 0 Å². The van der Waals surface area contributed by atoms with Gasteiger partial charge in [0, 0.05) is 35.6 Å². The maximum absolute atomic E-state index is 12.0. The van der Waals surface area contributed by atoms with Crippen LogP contribution in [0.1, 0.15) is 62.6 Å². The van der Waals surface area contributed by atoms with Crippen molar-refractivity contribution in [2.45, 2.75) is 58.7 Å². The Morgan fingerprint density at radius 3 is 2.93 bits per heavy atom. The molecule has 0 spiro atoms. The van der Waals surface area contributed by atoms with Crippen LogP contribution < -0.4 is 0 Å². The van der Waals surface area contributed by atoms with Gasteiger partial charge < -0.3 is 13.8 Å². The molecule has 6 nitrogen and oxygen atoms in total. The molecule has 0 bridgehead atoms. The van der Waals surface area contributed by atoms with Gasteiger partial charge in [-0.3, -0.25) is 9.69 Å². The van der Waals surface area contributed by atoms with Crippen LogP contribution in [0.15, 0.2) is 41.1 Å². The van der Waals surface area contributed by atoms with Gasteiger partial charge in [0.05, 0.1) is 12.6 Å². The van der Waals surface area contributed by atoms with Gasteiger partial charge in [-0.25, -0.2) is 0 Å². The Morgan fingerprint density at radius 2 is 2.17 bits per heavy atom. The Bertz CT molecular complexity index is 988. The average molecular weight is 396 g/mol. The quantitative estimate of drug-likeness (QED) is 0.545. The third kappa shape index (κ3) is 4.08. The monoisotopic (exact) mass is 395 g/mol. The van der Waals surface area contributed by atoms with E-state index in [9.17, 15) is 4.79 Å². The van der Waals surface area contributed by atoms with E-state index < -0.39 is 0 Å². The van der Waals surface area contributed by atoms with E-state index in [-0.39, 0.29) is 18.6 Å². The van der Waals surface area contributed by atoms with Gasteiger partial charge in [0.1, 0.15) is 18.0 Å². The lowest BCUT2D eigenvalue weighted by molar-refractivity contribution is -0.143. The van der Waals surface area contributed by atoms with Crippen molar-refractivity contribution < 1.29 is 14.1 Å². The van der Waals surface area contributed by atoms with Crippen molar-refractivity contribution in [2.75, 3.05) is 13.2 Å². The van der Waals surface area contributed by atoms with Gasteiger partial charge >= 0.3 is 5.97 Å². The molecule has 1 aliphatic rings. The van der Waals surface area contributed by atoms with Crippen molar-refractivity contribution in [2.24, 2.45) is 0 Å². The fourth-order valence-corrected chi connectivity index (χ4v) is 4.23. The normalized spacial score (nSPS) is 17.4. The standard InChI is InChI=1S/C23H29N3O3/c1-4-28-23(27)15-26-14-17(18-8-5-6-9-20(18)26)13-25-11-7-10-21(25)19-12-22(16(2)3)29-24-19/h5-6,8-9,12,14,16,21H,4,7,10-11,13,15H2,1-3H3/t21-/m0/s1. The first-order valence-corrected chi connectivity index (χ1v) is 10.5. The number of esters is 1.